The molecule has 84 valence electrons. The second kappa shape index (κ2) is 4.16. The maximum Gasteiger partial charge on any atom is 0.143 e. The van der Waals surface area contributed by atoms with Crippen LogP contribution >= 0.6 is 0 Å². The van der Waals surface area contributed by atoms with E-state index in [1.807, 2.05) is 6.20 Å². The van der Waals surface area contributed by atoms with E-state index < -0.39 is 0 Å². The lowest BCUT2D eigenvalue weighted by Crippen LogP contribution is -2.00. The summed E-state index contributed by atoms with van der Waals surface area (Å²) >= 11 is 0. The number of rotatable bonds is 2. The van der Waals surface area contributed by atoms with Crippen LogP contribution in [-0.4, -0.2) is 9.97 Å². The van der Waals surface area contributed by atoms with E-state index in [1.165, 1.54) is 23.4 Å². The second-order valence-corrected chi connectivity index (χ2v) is 4.23. The molecule has 0 aromatic carbocycles. The highest BCUT2D eigenvalue weighted by Gasteiger charge is 2.12. The van der Waals surface area contributed by atoms with Crippen LogP contribution in [0.25, 0.3) is 11.0 Å². The third kappa shape index (κ3) is 1.77. The van der Waals surface area contributed by atoms with Gasteiger partial charge in [0.1, 0.15) is 5.82 Å². The van der Waals surface area contributed by atoms with Gasteiger partial charge >= 0.3 is 0 Å². The third-order valence-electron chi connectivity index (χ3n) is 2.75. The third-order valence-corrected chi connectivity index (χ3v) is 2.75. The summed E-state index contributed by atoms with van der Waals surface area (Å²) in [4.78, 5) is 8.43. The molecule has 0 aliphatic heterocycles. The van der Waals surface area contributed by atoms with Gasteiger partial charge in [-0.3, -0.25) is 9.97 Å². The molecule has 0 atom stereocenters. The van der Waals surface area contributed by atoms with E-state index >= 15 is 0 Å². The Morgan fingerprint density at radius 3 is 2.62 bits per heavy atom. The molecule has 0 fully saturated rings. The highest BCUT2D eigenvalue weighted by atomic mass is 19.1. The van der Waals surface area contributed by atoms with Gasteiger partial charge in [-0.15, -0.1) is 0 Å². The molecule has 0 aliphatic carbocycles. The Balaban J connectivity index is 2.79. The molecule has 2 rings (SSSR count). The molecule has 2 aromatic heterocycles. The van der Waals surface area contributed by atoms with Crippen molar-refractivity contribution in [1.82, 2.24) is 9.97 Å². The van der Waals surface area contributed by atoms with Crippen molar-refractivity contribution in [2.24, 2.45) is 0 Å². The van der Waals surface area contributed by atoms with Gasteiger partial charge in [-0.2, -0.15) is 0 Å². The Morgan fingerprint density at radius 2 is 2.00 bits per heavy atom. The van der Waals surface area contributed by atoms with Crippen molar-refractivity contribution >= 4 is 11.0 Å². The molecule has 0 radical (unpaired) electrons. The summed E-state index contributed by atoms with van der Waals surface area (Å²) in [6, 6.07) is 1.44. The van der Waals surface area contributed by atoms with Crippen molar-refractivity contribution in [1.29, 1.82) is 0 Å². The van der Waals surface area contributed by atoms with Gasteiger partial charge in [-0.25, -0.2) is 4.39 Å². The summed E-state index contributed by atoms with van der Waals surface area (Å²) in [6.07, 6.45) is 4.02. The minimum Gasteiger partial charge on any atom is -0.254 e. The average Bonchev–Trinajstić information content (AvgIpc) is 2.26. The number of pyridine rings is 2. The monoisotopic (exact) mass is 218 g/mol. The van der Waals surface area contributed by atoms with Gasteiger partial charge < -0.3 is 0 Å². The number of hydrogen-bond donors (Lipinski definition) is 0. The topological polar surface area (TPSA) is 25.8 Å². The first-order valence-electron chi connectivity index (χ1n) is 5.56. The Bertz CT molecular complexity index is 521. The van der Waals surface area contributed by atoms with Gasteiger partial charge in [-0.05, 0) is 23.5 Å². The van der Waals surface area contributed by atoms with E-state index in [-0.39, 0.29) is 5.82 Å². The van der Waals surface area contributed by atoms with Crippen LogP contribution in [0.1, 0.15) is 37.8 Å². The first-order valence-corrected chi connectivity index (χ1v) is 5.56. The minimum absolute atomic E-state index is 0.334. The molecular weight excluding hydrogens is 203 g/mol. The fourth-order valence-electron chi connectivity index (χ4n) is 2.03. The molecule has 16 heavy (non-hydrogen) atoms. The molecule has 0 bridgehead atoms. The van der Waals surface area contributed by atoms with Crippen LogP contribution in [-0.2, 0) is 6.42 Å². The highest BCUT2D eigenvalue weighted by Crippen LogP contribution is 2.26. The van der Waals surface area contributed by atoms with Gasteiger partial charge in [0, 0.05) is 12.3 Å². The van der Waals surface area contributed by atoms with Crippen LogP contribution in [0.15, 0.2) is 18.5 Å². The molecule has 0 N–H and O–H groups in total. The zero-order valence-electron chi connectivity index (χ0n) is 9.79. The van der Waals surface area contributed by atoms with Crippen LogP contribution < -0.4 is 0 Å². The fraction of sp³-hybridized carbons (Fsp3) is 0.385. The van der Waals surface area contributed by atoms with E-state index in [0.29, 0.717) is 11.4 Å². The summed E-state index contributed by atoms with van der Waals surface area (Å²) in [5.74, 6) is 0.0392. The number of nitrogens with zero attached hydrogens (tertiary/aromatic N) is 2. The van der Waals surface area contributed by atoms with E-state index in [4.69, 9.17) is 0 Å². The van der Waals surface area contributed by atoms with Crippen LogP contribution in [0.4, 0.5) is 4.39 Å². The standard InChI is InChI=1S/C13H15FN2/c1-4-9-6-15-11-5-10(14)7-16-13(11)12(9)8(2)3/h5-8H,4H2,1-3H3. The largest absolute Gasteiger partial charge is 0.254 e. The van der Waals surface area contributed by atoms with Crippen LogP contribution in [0.3, 0.4) is 0 Å². The number of aromatic nitrogens is 2. The Labute approximate surface area is 94.5 Å². The first kappa shape index (κ1) is 11.0. The predicted octanol–water partition coefficient (Wildman–Crippen LogP) is 3.45. The second-order valence-electron chi connectivity index (χ2n) is 4.23. The lowest BCUT2D eigenvalue weighted by atomic mass is 9.95. The molecule has 0 amide bonds. The molecule has 0 unspecified atom stereocenters. The van der Waals surface area contributed by atoms with E-state index in [0.717, 1.165) is 11.9 Å². The van der Waals surface area contributed by atoms with Crippen LogP contribution in [0, 0.1) is 5.82 Å². The normalized spacial score (nSPS) is 11.3. The zero-order valence-corrected chi connectivity index (χ0v) is 9.79. The van der Waals surface area contributed by atoms with Crippen molar-refractivity contribution in [2.75, 3.05) is 0 Å². The molecule has 2 aromatic rings. The Morgan fingerprint density at radius 1 is 1.25 bits per heavy atom. The van der Waals surface area contributed by atoms with Crippen molar-refractivity contribution in [3.8, 4) is 0 Å². The predicted molar refractivity (Wildman–Crippen MR) is 63.0 cm³/mol. The molecule has 2 heterocycles. The summed E-state index contributed by atoms with van der Waals surface area (Å²) < 4.78 is 13.0. The van der Waals surface area contributed by atoms with Crippen molar-refractivity contribution in [3.05, 3.63) is 35.4 Å². The van der Waals surface area contributed by atoms with Crippen molar-refractivity contribution in [2.45, 2.75) is 33.1 Å². The van der Waals surface area contributed by atoms with Gasteiger partial charge in [-0.1, -0.05) is 20.8 Å². The first-order chi connectivity index (χ1) is 7.63. The summed E-state index contributed by atoms with van der Waals surface area (Å²) in [6.45, 7) is 6.34. The Hall–Kier alpha value is -1.51. The molecule has 0 spiro atoms. The lowest BCUT2D eigenvalue weighted by Gasteiger charge is -2.13. The molecule has 0 saturated heterocycles. The molecule has 0 saturated carbocycles. The molecule has 0 aliphatic rings. The number of aryl methyl sites for hydroxylation is 1. The Kier molecular flexibility index (Phi) is 2.86. The van der Waals surface area contributed by atoms with Gasteiger partial charge in [0.05, 0.1) is 17.2 Å². The number of halogens is 1. The smallest absolute Gasteiger partial charge is 0.143 e. The summed E-state index contributed by atoms with van der Waals surface area (Å²) in [5, 5.41) is 0. The number of fused-ring (bicyclic) bond motifs is 1. The molecule has 2 nitrogen and oxygen atoms in total. The number of hydrogen-bond acceptors (Lipinski definition) is 2. The summed E-state index contributed by atoms with van der Waals surface area (Å²) in [5.41, 5.74) is 3.85. The van der Waals surface area contributed by atoms with Crippen LogP contribution in [0.5, 0.6) is 0 Å². The SMILES string of the molecule is CCc1cnc2cc(F)cnc2c1C(C)C. The van der Waals surface area contributed by atoms with Gasteiger partial charge in [0.15, 0.2) is 0 Å². The fourth-order valence-corrected chi connectivity index (χ4v) is 2.03. The van der Waals surface area contributed by atoms with Gasteiger partial charge in [0.25, 0.3) is 0 Å². The summed E-state index contributed by atoms with van der Waals surface area (Å²) in [7, 11) is 0. The maximum atomic E-state index is 13.0. The van der Waals surface area contributed by atoms with E-state index in [9.17, 15) is 4.39 Å². The quantitative estimate of drug-likeness (QED) is 0.771. The lowest BCUT2D eigenvalue weighted by molar-refractivity contribution is 0.623. The maximum absolute atomic E-state index is 13.0. The van der Waals surface area contributed by atoms with Gasteiger partial charge in [0.2, 0.25) is 0 Å². The molecular formula is C13H15FN2. The molecule has 3 heteroatoms. The van der Waals surface area contributed by atoms with Crippen molar-refractivity contribution in [3.63, 3.8) is 0 Å². The van der Waals surface area contributed by atoms with Crippen molar-refractivity contribution < 1.29 is 4.39 Å². The van der Waals surface area contributed by atoms with Crippen LogP contribution in [0.2, 0.25) is 0 Å². The van der Waals surface area contributed by atoms with E-state index in [1.54, 1.807) is 0 Å². The highest BCUT2D eigenvalue weighted by molar-refractivity contribution is 5.79. The van der Waals surface area contributed by atoms with E-state index in [2.05, 4.69) is 30.7 Å². The zero-order chi connectivity index (χ0) is 11.7. The minimum atomic E-state index is -0.334. The average molecular weight is 218 g/mol.